The molecule has 6 heteroatoms. The largest absolute Gasteiger partial charge is 0.352 e. The van der Waals surface area contributed by atoms with Gasteiger partial charge in [0, 0.05) is 18.4 Å². The molecule has 19 heavy (non-hydrogen) atoms. The van der Waals surface area contributed by atoms with Crippen LogP contribution in [0.15, 0.2) is 29.2 Å². The van der Waals surface area contributed by atoms with Gasteiger partial charge in [-0.3, -0.25) is 4.79 Å². The van der Waals surface area contributed by atoms with Gasteiger partial charge in [-0.2, -0.15) is 0 Å². The molecule has 0 spiro atoms. The van der Waals surface area contributed by atoms with E-state index < -0.39 is 9.84 Å². The van der Waals surface area contributed by atoms with Gasteiger partial charge in [0.15, 0.2) is 9.84 Å². The molecule has 0 radical (unpaired) electrons. The van der Waals surface area contributed by atoms with Gasteiger partial charge in [-0.05, 0) is 49.7 Å². The Morgan fingerprint density at radius 1 is 1.37 bits per heavy atom. The number of sulfone groups is 1. The Labute approximate surface area is 113 Å². The highest BCUT2D eigenvalue weighted by atomic mass is 32.2. The van der Waals surface area contributed by atoms with Gasteiger partial charge in [-0.1, -0.05) is 0 Å². The maximum Gasteiger partial charge on any atom is 0.251 e. The first kappa shape index (κ1) is 14.0. The van der Waals surface area contributed by atoms with Gasteiger partial charge in [-0.15, -0.1) is 0 Å². The molecule has 1 unspecified atom stereocenters. The number of hydrogen-bond donors (Lipinski definition) is 2. The molecule has 5 nitrogen and oxygen atoms in total. The molecule has 1 aromatic carbocycles. The molecule has 0 saturated carbocycles. The summed E-state index contributed by atoms with van der Waals surface area (Å²) in [7, 11) is -3.21. The van der Waals surface area contributed by atoms with E-state index in [1.54, 1.807) is 12.1 Å². The van der Waals surface area contributed by atoms with E-state index in [4.69, 9.17) is 0 Å². The summed E-state index contributed by atoms with van der Waals surface area (Å²) in [5, 5.41) is 6.11. The molecule has 1 aliphatic heterocycles. The lowest BCUT2D eigenvalue weighted by molar-refractivity contribution is 0.0948. The van der Waals surface area contributed by atoms with Crippen LogP contribution >= 0.6 is 0 Å². The molecule has 2 N–H and O–H groups in total. The van der Waals surface area contributed by atoms with Crippen LogP contribution in [-0.4, -0.2) is 40.2 Å². The molecule has 1 heterocycles. The fraction of sp³-hybridized carbons (Fsp3) is 0.462. The minimum Gasteiger partial charge on any atom is -0.352 e. The molecule has 1 saturated heterocycles. The Morgan fingerprint density at radius 3 is 2.58 bits per heavy atom. The number of carbonyl (C=O) groups excluding carboxylic acids is 1. The summed E-state index contributed by atoms with van der Waals surface area (Å²) in [4.78, 5) is 12.1. The Hall–Kier alpha value is -1.40. The number of nitrogens with one attached hydrogen (secondary N) is 2. The van der Waals surface area contributed by atoms with Crippen molar-refractivity contribution in [1.29, 1.82) is 0 Å². The van der Waals surface area contributed by atoms with Crippen LogP contribution in [0.1, 0.15) is 16.8 Å². The van der Waals surface area contributed by atoms with Crippen LogP contribution in [-0.2, 0) is 9.84 Å². The van der Waals surface area contributed by atoms with Gasteiger partial charge in [0.05, 0.1) is 4.90 Å². The van der Waals surface area contributed by atoms with E-state index in [-0.39, 0.29) is 10.8 Å². The fourth-order valence-corrected chi connectivity index (χ4v) is 2.71. The van der Waals surface area contributed by atoms with Crippen molar-refractivity contribution in [2.24, 2.45) is 5.92 Å². The smallest absolute Gasteiger partial charge is 0.251 e. The fourth-order valence-electron chi connectivity index (χ4n) is 2.08. The van der Waals surface area contributed by atoms with Crippen molar-refractivity contribution in [3.8, 4) is 0 Å². The summed E-state index contributed by atoms with van der Waals surface area (Å²) < 4.78 is 22.6. The molecule has 1 amide bonds. The lowest BCUT2D eigenvalue weighted by Crippen LogP contribution is -2.30. The second-order valence-electron chi connectivity index (χ2n) is 4.87. The zero-order valence-electron chi connectivity index (χ0n) is 10.8. The molecular weight excluding hydrogens is 264 g/mol. The Balaban J connectivity index is 1.95. The summed E-state index contributed by atoms with van der Waals surface area (Å²) in [5.74, 6) is 0.325. The Morgan fingerprint density at radius 2 is 2.05 bits per heavy atom. The molecule has 0 aliphatic carbocycles. The molecule has 1 fully saturated rings. The van der Waals surface area contributed by atoms with E-state index in [2.05, 4.69) is 10.6 Å². The maximum absolute atomic E-state index is 11.9. The second-order valence-corrected chi connectivity index (χ2v) is 6.88. The van der Waals surface area contributed by atoms with Gasteiger partial charge in [0.1, 0.15) is 0 Å². The summed E-state index contributed by atoms with van der Waals surface area (Å²) in [6, 6.07) is 6.00. The second kappa shape index (κ2) is 5.71. The van der Waals surface area contributed by atoms with Gasteiger partial charge >= 0.3 is 0 Å². The van der Waals surface area contributed by atoms with Crippen LogP contribution in [0.4, 0.5) is 0 Å². The van der Waals surface area contributed by atoms with E-state index in [9.17, 15) is 13.2 Å². The lowest BCUT2D eigenvalue weighted by Gasteiger charge is -2.10. The molecule has 1 aromatic rings. The topological polar surface area (TPSA) is 75.3 Å². The minimum atomic E-state index is -3.21. The summed E-state index contributed by atoms with van der Waals surface area (Å²) in [5.41, 5.74) is 0.485. The number of amides is 1. The number of benzene rings is 1. The van der Waals surface area contributed by atoms with Crippen LogP contribution in [0.3, 0.4) is 0 Å². The molecule has 104 valence electrons. The molecule has 1 atom stereocenters. The van der Waals surface area contributed by atoms with Crippen molar-refractivity contribution in [3.63, 3.8) is 0 Å². The highest BCUT2D eigenvalue weighted by molar-refractivity contribution is 7.90. The van der Waals surface area contributed by atoms with Gasteiger partial charge in [-0.25, -0.2) is 8.42 Å². The van der Waals surface area contributed by atoms with Crippen LogP contribution in [0.2, 0.25) is 0 Å². The third kappa shape index (κ3) is 3.78. The van der Waals surface area contributed by atoms with Crippen LogP contribution in [0, 0.1) is 5.92 Å². The van der Waals surface area contributed by atoms with Crippen molar-refractivity contribution in [3.05, 3.63) is 29.8 Å². The van der Waals surface area contributed by atoms with Crippen molar-refractivity contribution < 1.29 is 13.2 Å². The zero-order valence-corrected chi connectivity index (χ0v) is 11.7. The highest BCUT2D eigenvalue weighted by Crippen LogP contribution is 2.11. The zero-order chi connectivity index (χ0) is 13.9. The summed E-state index contributed by atoms with van der Waals surface area (Å²) in [6.07, 6.45) is 2.22. The first-order chi connectivity index (χ1) is 8.97. The Bertz CT molecular complexity index is 546. The standard InChI is InChI=1S/C13H18N2O3S/c1-19(17,18)12-4-2-11(3-5-12)13(16)15-9-10-6-7-14-8-10/h2-5,10,14H,6-9H2,1H3,(H,15,16). The first-order valence-corrected chi connectivity index (χ1v) is 8.15. The van der Waals surface area contributed by atoms with E-state index >= 15 is 0 Å². The number of carbonyl (C=O) groups is 1. The molecule has 0 bridgehead atoms. The Kier molecular flexibility index (Phi) is 4.21. The van der Waals surface area contributed by atoms with Crippen LogP contribution < -0.4 is 10.6 Å². The summed E-state index contributed by atoms with van der Waals surface area (Å²) in [6.45, 7) is 2.59. The third-order valence-corrected chi connectivity index (χ3v) is 4.39. The normalized spacial score (nSPS) is 19.3. The SMILES string of the molecule is CS(=O)(=O)c1ccc(C(=O)NCC2CCNC2)cc1. The average molecular weight is 282 g/mol. The van der Waals surface area contributed by atoms with Crippen molar-refractivity contribution in [2.45, 2.75) is 11.3 Å². The van der Waals surface area contributed by atoms with Crippen molar-refractivity contribution >= 4 is 15.7 Å². The maximum atomic E-state index is 11.9. The monoisotopic (exact) mass is 282 g/mol. The molecule has 1 aliphatic rings. The van der Waals surface area contributed by atoms with Crippen molar-refractivity contribution in [1.82, 2.24) is 10.6 Å². The van der Waals surface area contributed by atoms with Crippen LogP contribution in [0.5, 0.6) is 0 Å². The van der Waals surface area contributed by atoms with E-state index in [0.717, 1.165) is 25.8 Å². The number of hydrogen-bond acceptors (Lipinski definition) is 4. The van der Waals surface area contributed by atoms with Gasteiger partial charge in [0.25, 0.3) is 5.91 Å². The van der Waals surface area contributed by atoms with Gasteiger partial charge < -0.3 is 10.6 Å². The predicted octanol–water partition coefficient (Wildman–Crippen LogP) is 0.429. The van der Waals surface area contributed by atoms with Crippen LogP contribution in [0.25, 0.3) is 0 Å². The molecule has 0 aromatic heterocycles. The van der Waals surface area contributed by atoms with E-state index in [1.165, 1.54) is 12.1 Å². The molecule has 2 rings (SSSR count). The minimum absolute atomic E-state index is 0.160. The van der Waals surface area contributed by atoms with E-state index in [1.807, 2.05) is 0 Å². The predicted molar refractivity (Wildman–Crippen MR) is 72.9 cm³/mol. The first-order valence-electron chi connectivity index (χ1n) is 6.26. The van der Waals surface area contributed by atoms with Gasteiger partial charge in [0.2, 0.25) is 0 Å². The highest BCUT2D eigenvalue weighted by Gasteiger charge is 2.16. The molecular formula is C13H18N2O3S. The summed E-state index contributed by atoms with van der Waals surface area (Å²) >= 11 is 0. The number of rotatable bonds is 4. The van der Waals surface area contributed by atoms with Crippen molar-refractivity contribution in [2.75, 3.05) is 25.9 Å². The average Bonchev–Trinajstić information content (AvgIpc) is 2.88. The third-order valence-electron chi connectivity index (χ3n) is 3.26. The lowest BCUT2D eigenvalue weighted by atomic mass is 10.1. The quantitative estimate of drug-likeness (QED) is 0.840. The van der Waals surface area contributed by atoms with E-state index in [0.29, 0.717) is 18.0 Å².